The molecule has 1 aromatic heterocycles. The van der Waals surface area contributed by atoms with Crippen LogP contribution >= 0.6 is 0 Å². The molecular weight excluding hydrogens is 226 g/mol. The van der Waals surface area contributed by atoms with E-state index in [4.69, 9.17) is 11.5 Å². The van der Waals surface area contributed by atoms with Crippen molar-refractivity contribution >= 4 is 17.5 Å². The van der Waals surface area contributed by atoms with Crippen molar-refractivity contribution in [2.24, 2.45) is 0 Å². The summed E-state index contributed by atoms with van der Waals surface area (Å²) in [5, 5.41) is 22.0. The highest BCUT2D eigenvalue weighted by molar-refractivity contribution is 5.78. The first-order valence-corrected chi connectivity index (χ1v) is 4.58. The van der Waals surface area contributed by atoms with Crippen molar-refractivity contribution in [3.8, 4) is 12.3 Å². The molecule has 88 valence electrons. The Bertz CT molecular complexity index is 481. The second kappa shape index (κ2) is 5.46. The molecule has 0 amide bonds. The Morgan fingerprint density at radius 2 is 2.47 bits per heavy atom. The van der Waals surface area contributed by atoms with Crippen molar-refractivity contribution in [1.82, 2.24) is 4.98 Å². The number of carboxylic acid groups (broad SMARTS) is 1. The van der Waals surface area contributed by atoms with Crippen LogP contribution in [0.25, 0.3) is 0 Å². The quantitative estimate of drug-likeness (QED) is 0.445. The average molecular weight is 235 g/mol. The number of nitrogens with one attached hydrogen (secondary N) is 1. The van der Waals surface area contributed by atoms with E-state index in [9.17, 15) is 14.9 Å². The molecule has 0 spiro atoms. The number of carboxylic acids is 1. The van der Waals surface area contributed by atoms with Gasteiger partial charge in [-0.2, -0.15) is 0 Å². The van der Waals surface area contributed by atoms with E-state index in [1.54, 1.807) is 0 Å². The van der Waals surface area contributed by atoms with E-state index in [1.807, 2.05) is 0 Å². The van der Waals surface area contributed by atoms with Gasteiger partial charge in [-0.05, 0) is 22.0 Å². The van der Waals surface area contributed by atoms with E-state index in [1.165, 1.54) is 18.3 Å². The molecule has 7 heteroatoms. The number of pyridine rings is 1. The monoisotopic (exact) mass is 235 g/mol. The third-order valence-corrected chi connectivity index (χ3v) is 1.91. The van der Waals surface area contributed by atoms with Crippen LogP contribution in [0.2, 0.25) is 0 Å². The molecule has 0 fully saturated rings. The Kier molecular flexibility index (Phi) is 4.00. The van der Waals surface area contributed by atoms with Crippen LogP contribution in [0.5, 0.6) is 0 Å². The first-order valence-electron chi connectivity index (χ1n) is 4.58. The van der Waals surface area contributed by atoms with E-state index in [0.717, 1.165) is 0 Å². The highest BCUT2D eigenvalue weighted by Crippen LogP contribution is 2.21. The molecule has 0 saturated heterocycles. The fraction of sp³-hybridized carbons (Fsp3) is 0.200. The Morgan fingerprint density at radius 1 is 1.76 bits per heavy atom. The zero-order valence-corrected chi connectivity index (χ0v) is 8.66. The summed E-state index contributed by atoms with van der Waals surface area (Å²) in [5.41, 5.74) is 0.0279. The maximum absolute atomic E-state index is 10.8. The van der Waals surface area contributed by atoms with Crippen LogP contribution in [0.4, 0.5) is 11.5 Å². The molecule has 1 aromatic rings. The smallest absolute Gasteiger partial charge is 0.386 e. The molecule has 0 aliphatic rings. The molecule has 2 N–H and O–H groups in total. The predicted molar refractivity (Wildman–Crippen MR) is 59.4 cm³/mol. The Labute approximate surface area is 96.6 Å². The molecule has 0 aromatic carbocycles. The highest BCUT2D eigenvalue weighted by Gasteiger charge is 2.21. The van der Waals surface area contributed by atoms with Crippen LogP contribution in [-0.2, 0) is 4.79 Å². The topological polar surface area (TPSA) is 105 Å². The minimum absolute atomic E-state index is 0.0279. The predicted octanol–water partition coefficient (Wildman–Crippen LogP) is 0.878. The number of nitrogens with zero attached hydrogens (tertiary/aromatic N) is 2. The van der Waals surface area contributed by atoms with Crippen LogP contribution in [0.15, 0.2) is 18.3 Å². The molecule has 1 heterocycles. The fourth-order valence-electron chi connectivity index (χ4n) is 1.16. The van der Waals surface area contributed by atoms with Crippen LogP contribution in [0.3, 0.4) is 0 Å². The maximum Gasteiger partial charge on any atom is 0.386 e. The summed E-state index contributed by atoms with van der Waals surface area (Å²) in [4.78, 5) is 24.3. The third kappa shape index (κ3) is 3.17. The maximum atomic E-state index is 10.8. The summed E-state index contributed by atoms with van der Waals surface area (Å²) in [5.74, 6) is 0.570. The van der Waals surface area contributed by atoms with E-state index < -0.39 is 22.8 Å². The Balaban J connectivity index is 2.97. The standard InChI is InChI=1S/C10H9N3O4/c1-2-4-8(10(14)15)12-7-5-3-6-11-9(7)13(16)17/h1,3,5-6,8,12H,4H2,(H,14,15). The van der Waals surface area contributed by atoms with Gasteiger partial charge in [-0.3, -0.25) is 0 Å². The highest BCUT2D eigenvalue weighted by atomic mass is 16.6. The molecule has 0 bridgehead atoms. The van der Waals surface area contributed by atoms with E-state index in [-0.39, 0.29) is 12.1 Å². The Morgan fingerprint density at radius 3 is 3.00 bits per heavy atom. The molecule has 1 atom stereocenters. The number of anilines is 1. The molecule has 17 heavy (non-hydrogen) atoms. The van der Waals surface area contributed by atoms with E-state index >= 15 is 0 Å². The van der Waals surface area contributed by atoms with Gasteiger partial charge in [-0.25, -0.2) is 4.79 Å². The number of terminal acetylenes is 1. The van der Waals surface area contributed by atoms with Crippen molar-refractivity contribution in [2.75, 3.05) is 5.32 Å². The number of aromatic nitrogens is 1. The lowest BCUT2D eigenvalue weighted by Gasteiger charge is -2.12. The summed E-state index contributed by atoms with van der Waals surface area (Å²) in [7, 11) is 0. The lowest BCUT2D eigenvalue weighted by molar-refractivity contribution is -0.388. The summed E-state index contributed by atoms with van der Waals surface area (Å²) < 4.78 is 0. The van der Waals surface area contributed by atoms with Gasteiger partial charge in [-0.1, -0.05) is 0 Å². The zero-order chi connectivity index (χ0) is 12.8. The molecule has 1 rings (SSSR count). The Hall–Kier alpha value is -2.62. The number of rotatable bonds is 5. The van der Waals surface area contributed by atoms with Crippen LogP contribution in [-0.4, -0.2) is 27.0 Å². The van der Waals surface area contributed by atoms with Gasteiger partial charge in [0.15, 0.2) is 0 Å². The van der Waals surface area contributed by atoms with Gasteiger partial charge in [-0.15, -0.1) is 12.3 Å². The number of carbonyl (C=O) groups is 1. The van der Waals surface area contributed by atoms with Gasteiger partial charge in [0, 0.05) is 6.42 Å². The van der Waals surface area contributed by atoms with Crippen LogP contribution < -0.4 is 5.32 Å². The minimum atomic E-state index is -1.18. The SMILES string of the molecule is C#CCC(Nc1cccnc1[N+](=O)[O-])C(=O)O. The second-order valence-electron chi connectivity index (χ2n) is 3.08. The van der Waals surface area contributed by atoms with Gasteiger partial charge in [0.1, 0.15) is 17.9 Å². The lowest BCUT2D eigenvalue weighted by atomic mass is 10.2. The van der Waals surface area contributed by atoms with Crippen molar-refractivity contribution in [2.45, 2.75) is 12.5 Å². The summed E-state index contributed by atoms with van der Waals surface area (Å²) in [6, 6.07) is 1.75. The molecule has 0 saturated carbocycles. The third-order valence-electron chi connectivity index (χ3n) is 1.91. The number of aliphatic carboxylic acids is 1. The largest absolute Gasteiger partial charge is 0.480 e. The minimum Gasteiger partial charge on any atom is -0.480 e. The van der Waals surface area contributed by atoms with Gasteiger partial charge < -0.3 is 20.5 Å². The van der Waals surface area contributed by atoms with Gasteiger partial charge in [0.05, 0.1) is 0 Å². The van der Waals surface area contributed by atoms with Crippen molar-refractivity contribution < 1.29 is 14.8 Å². The van der Waals surface area contributed by atoms with Gasteiger partial charge >= 0.3 is 11.8 Å². The van der Waals surface area contributed by atoms with Crippen molar-refractivity contribution in [3.05, 3.63) is 28.4 Å². The molecule has 0 aliphatic heterocycles. The first-order chi connectivity index (χ1) is 8.06. The summed E-state index contributed by atoms with van der Waals surface area (Å²) >= 11 is 0. The molecular formula is C10H9N3O4. The number of hydrogen-bond donors (Lipinski definition) is 2. The average Bonchev–Trinajstić information content (AvgIpc) is 2.28. The lowest BCUT2D eigenvalue weighted by Crippen LogP contribution is -2.29. The molecule has 7 nitrogen and oxygen atoms in total. The van der Waals surface area contributed by atoms with Crippen LogP contribution in [0, 0.1) is 22.5 Å². The fourth-order valence-corrected chi connectivity index (χ4v) is 1.16. The number of nitro groups is 1. The summed E-state index contributed by atoms with van der Waals surface area (Å²) in [6.45, 7) is 0. The van der Waals surface area contributed by atoms with Crippen LogP contribution in [0.1, 0.15) is 6.42 Å². The second-order valence-corrected chi connectivity index (χ2v) is 3.08. The molecule has 1 unspecified atom stereocenters. The molecule has 0 aliphatic carbocycles. The van der Waals surface area contributed by atoms with Gasteiger partial charge in [0.2, 0.25) is 0 Å². The summed E-state index contributed by atoms with van der Waals surface area (Å²) in [6.07, 6.45) is 6.18. The number of hydrogen-bond acceptors (Lipinski definition) is 5. The van der Waals surface area contributed by atoms with Gasteiger partial charge in [0.25, 0.3) is 0 Å². The van der Waals surface area contributed by atoms with E-state index in [2.05, 4.69) is 16.2 Å². The van der Waals surface area contributed by atoms with Crippen molar-refractivity contribution in [1.29, 1.82) is 0 Å². The van der Waals surface area contributed by atoms with E-state index in [0.29, 0.717) is 0 Å². The normalized spacial score (nSPS) is 11.2. The zero-order valence-electron chi connectivity index (χ0n) is 8.66. The van der Waals surface area contributed by atoms with Crippen molar-refractivity contribution in [3.63, 3.8) is 0 Å². The molecule has 0 radical (unpaired) electrons. The first kappa shape index (κ1) is 12.4.